The van der Waals surface area contributed by atoms with Crippen LogP contribution < -0.4 is 15.9 Å². The molecule has 0 aliphatic carbocycles. The number of nitrogens with zero attached hydrogens (tertiary/aromatic N) is 3. The minimum Gasteiger partial charge on any atom is -0.480 e. The van der Waals surface area contributed by atoms with E-state index in [9.17, 15) is 0 Å². The zero-order chi connectivity index (χ0) is 14.0. The van der Waals surface area contributed by atoms with E-state index in [1.165, 1.54) is 12.3 Å². The average Bonchev–Trinajstić information content (AvgIpc) is 2.78. The second kappa shape index (κ2) is 5.29. The van der Waals surface area contributed by atoms with Gasteiger partial charge in [-0.25, -0.2) is 4.98 Å². The van der Waals surface area contributed by atoms with Crippen molar-refractivity contribution in [3.63, 3.8) is 0 Å². The van der Waals surface area contributed by atoms with Gasteiger partial charge in [-0.3, -0.25) is 4.68 Å². The summed E-state index contributed by atoms with van der Waals surface area (Å²) in [5.41, 5.74) is 6.66. The molecule has 100 valence electrons. The lowest BCUT2D eigenvalue weighted by Gasteiger charge is -2.14. The summed E-state index contributed by atoms with van der Waals surface area (Å²) < 4.78 is 7.32. The fourth-order valence-corrected chi connectivity index (χ4v) is 1.61. The molecule has 0 aromatic carbocycles. The van der Waals surface area contributed by atoms with E-state index in [1.807, 2.05) is 26.2 Å². The van der Waals surface area contributed by atoms with Gasteiger partial charge in [-0.15, -0.1) is 0 Å². The molecule has 0 bridgehead atoms. The Kier molecular flexibility index (Phi) is 3.73. The van der Waals surface area contributed by atoms with Crippen molar-refractivity contribution in [3.05, 3.63) is 30.2 Å². The van der Waals surface area contributed by atoms with Crippen LogP contribution in [-0.2, 0) is 7.05 Å². The van der Waals surface area contributed by atoms with Crippen molar-refractivity contribution < 1.29 is 14.8 Å². The van der Waals surface area contributed by atoms with Crippen molar-refractivity contribution in [1.29, 1.82) is 0 Å². The molecule has 2 aromatic rings. The zero-order valence-corrected chi connectivity index (χ0v) is 10.7. The molecule has 0 aliphatic heterocycles. The van der Waals surface area contributed by atoms with Crippen LogP contribution in [0.15, 0.2) is 24.5 Å². The summed E-state index contributed by atoms with van der Waals surface area (Å²) in [6, 6.07) is 3.28. The number of aromatic nitrogens is 3. The van der Waals surface area contributed by atoms with Crippen molar-refractivity contribution in [2.75, 3.05) is 5.73 Å². The lowest BCUT2D eigenvalue weighted by molar-refractivity contribution is 0.221. The van der Waals surface area contributed by atoms with Crippen LogP contribution in [0.3, 0.4) is 0 Å². The van der Waals surface area contributed by atoms with Crippen LogP contribution >= 0.6 is 0 Å². The number of nitrogen functional groups attached to an aromatic ring is 1. The maximum atomic E-state index is 9.10. The van der Waals surface area contributed by atoms with Crippen LogP contribution in [0.5, 0.6) is 5.75 Å². The number of anilines is 1. The van der Waals surface area contributed by atoms with Crippen molar-refractivity contribution in [3.8, 4) is 5.75 Å². The summed E-state index contributed by atoms with van der Waals surface area (Å²) in [5.74, 6) is 0.482. The topological polar surface area (TPSA) is 106 Å². The van der Waals surface area contributed by atoms with Crippen LogP contribution in [0.1, 0.15) is 18.7 Å². The molecule has 2 aromatic heterocycles. The first-order chi connectivity index (χ1) is 8.97. The molecule has 0 saturated heterocycles. The fraction of sp³-hybridized carbons (Fsp3) is 0.273. The third-order valence-electron chi connectivity index (χ3n) is 2.66. The van der Waals surface area contributed by atoms with E-state index in [4.69, 9.17) is 20.5 Å². The van der Waals surface area contributed by atoms with Crippen LogP contribution in [-0.4, -0.2) is 31.9 Å². The molecule has 8 heteroatoms. The van der Waals surface area contributed by atoms with Crippen molar-refractivity contribution >= 4 is 18.4 Å². The second-order valence-corrected chi connectivity index (χ2v) is 4.20. The predicted octanol–water partition coefficient (Wildman–Crippen LogP) is -0.783. The van der Waals surface area contributed by atoms with Gasteiger partial charge in [-0.2, -0.15) is 5.10 Å². The van der Waals surface area contributed by atoms with E-state index >= 15 is 0 Å². The summed E-state index contributed by atoms with van der Waals surface area (Å²) in [5, 5.41) is 22.4. The van der Waals surface area contributed by atoms with E-state index in [-0.39, 0.29) is 17.4 Å². The molecule has 2 rings (SSSR count). The van der Waals surface area contributed by atoms with Gasteiger partial charge in [-0.1, -0.05) is 0 Å². The lowest BCUT2D eigenvalue weighted by atomic mass is 9.81. The first-order valence-corrected chi connectivity index (χ1v) is 5.75. The summed E-state index contributed by atoms with van der Waals surface area (Å²) in [6.45, 7) is 1.82. The number of pyridine rings is 1. The van der Waals surface area contributed by atoms with Gasteiger partial charge in [0.2, 0.25) is 0 Å². The number of hydrogen-bond donors (Lipinski definition) is 3. The molecule has 0 aliphatic rings. The Morgan fingerprint density at radius 1 is 1.47 bits per heavy atom. The molecule has 19 heavy (non-hydrogen) atoms. The van der Waals surface area contributed by atoms with Crippen molar-refractivity contribution in [2.45, 2.75) is 13.0 Å². The first kappa shape index (κ1) is 13.4. The van der Waals surface area contributed by atoms with Gasteiger partial charge in [0.1, 0.15) is 11.8 Å². The number of ether oxygens (including phenoxy) is 1. The number of rotatable bonds is 4. The number of aryl methyl sites for hydroxylation is 1. The highest BCUT2D eigenvalue weighted by Crippen LogP contribution is 2.23. The smallest absolute Gasteiger partial charge is 0.480 e. The lowest BCUT2D eigenvalue weighted by Crippen LogP contribution is -2.30. The summed E-state index contributed by atoms with van der Waals surface area (Å²) in [4.78, 5) is 3.86. The van der Waals surface area contributed by atoms with E-state index in [1.54, 1.807) is 4.68 Å². The Morgan fingerprint density at radius 2 is 2.21 bits per heavy atom. The van der Waals surface area contributed by atoms with Gasteiger partial charge in [0, 0.05) is 24.9 Å². The highest BCUT2D eigenvalue weighted by molar-refractivity contribution is 6.58. The Labute approximate surface area is 110 Å². The van der Waals surface area contributed by atoms with Gasteiger partial charge in [-0.05, 0) is 19.1 Å². The third kappa shape index (κ3) is 3.04. The van der Waals surface area contributed by atoms with E-state index in [0.29, 0.717) is 5.75 Å². The van der Waals surface area contributed by atoms with Crippen molar-refractivity contribution in [1.82, 2.24) is 14.8 Å². The molecule has 2 heterocycles. The molecule has 1 atom stereocenters. The van der Waals surface area contributed by atoms with E-state index in [2.05, 4.69) is 10.1 Å². The minimum absolute atomic E-state index is 0.187. The SMILES string of the molecule is CC(Oc1cc(B(O)O)cnc1N)c1ccn(C)n1. The molecule has 1 unspecified atom stereocenters. The molecular weight excluding hydrogens is 247 g/mol. The Morgan fingerprint density at radius 3 is 2.79 bits per heavy atom. The number of nitrogens with two attached hydrogens (primary N) is 1. The normalized spacial score (nSPS) is 12.2. The standard InChI is InChI=1S/C11H15BN4O3/c1-7(9-3-4-16(2)15-9)19-10-5-8(12(17)18)6-14-11(10)13/h3-7,17-18H,1-2H3,(H2,13,14). The highest BCUT2D eigenvalue weighted by Gasteiger charge is 2.17. The first-order valence-electron chi connectivity index (χ1n) is 5.75. The largest absolute Gasteiger partial charge is 0.490 e. The molecule has 0 spiro atoms. The fourth-order valence-electron chi connectivity index (χ4n) is 1.61. The molecule has 7 nitrogen and oxygen atoms in total. The zero-order valence-electron chi connectivity index (χ0n) is 10.7. The maximum Gasteiger partial charge on any atom is 0.490 e. The minimum atomic E-state index is -1.61. The Balaban J connectivity index is 2.20. The summed E-state index contributed by atoms with van der Waals surface area (Å²) in [6.07, 6.45) is 2.78. The van der Waals surface area contributed by atoms with Crippen LogP contribution in [0.25, 0.3) is 0 Å². The van der Waals surface area contributed by atoms with Gasteiger partial charge < -0.3 is 20.5 Å². The summed E-state index contributed by atoms with van der Waals surface area (Å²) in [7, 11) is 0.204. The Hall–Kier alpha value is -2.06. The predicted molar refractivity (Wildman–Crippen MR) is 70.7 cm³/mol. The quantitative estimate of drug-likeness (QED) is 0.624. The Bertz CT molecular complexity index is 573. The number of hydrogen-bond acceptors (Lipinski definition) is 6. The maximum absolute atomic E-state index is 9.10. The highest BCUT2D eigenvalue weighted by atomic mass is 16.5. The van der Waals surface area contributed by atoms with Gasteiger partial charge in [0.15, 0.2) is 11.6 Å². The van der Waals surface area contributed by atoms with E-state index in [0.717, 1.165) is 5.69 Å². The summed E-state index contributed by atoms with van der Waals surface area (Å²) >= 11 is 0. The third-order valence-corrected chi connectivity index (χ3v) is 2.66. The van der Waals surface area contributed by atoms with Gasteiger partial charge in [0.25, 0.3) is 0 Å². The van der Waals surface area contributed by atoms with Gasteiger partial charge in [0.05, 0.1) is 0 Å². The second-order valence-electron chi connectivity index (χ2n) is 4.20. The van der Waals surface area contributed by atoms with E-state index < -0.39 is 7.12 Å². The molecule has 0 saturated carbocycles. The average molecular weight is 262 g/mol. The molecular formula is C11H15BN4O3. The molecule has 4 N–H and O–H groups in total. The van der Waals surface area contributed by atoms with Crippen molar-refractivity contribution in [2.24, 2.45) is 7.05 Å². The van der Waals surface area contributed by atoms with Crippen LogP contribution in [0.4, 0.5) is 5.82 Å². The molecule has 0 radical (unpaired) electrons. The van der Waals surface area contributed by atoms with Gasteiger partial charge >= 0.3 is 7.12 Å². The molecule has 0 amide bonds. The molecule has 0 fully saturated rings. The monoisotopic (exact) mass is 262 g/mol. The van der Waals surface area contributed by atoms with Crippen LogP contribution in [0, 0.1) is 0 Å². The van der Waals surface area contributed by atoms with Crippen LogP contribution in [0.2, 0.25) is 0 Å².